The molecular weight excluding hydrogens is 533 g/mol. The fourth-order valence-electron chi connectivity index (χ4n) is 2.78. The maximum Gasteiger partial charge on any atom is 0.251 e. The first kappa shape index (κ1) is 21.4. The zero-order chi connectivity index (χ0) is 21.8. The van der Waals surface area contributed by atoms with Crippen molar-refractivity contribution in [1.29, 1.82) is 0 Å². The summed E-state index contributed by atoms with van der Waals surface area (Å²) in [5, 5.41) is 14.5. The molecule has 0 saturated carbocycles. The molecule has 1 aromatic heterocycles. The van der Waals surface area contributed by atoms with Gasteiger partial charge in [0.25, 0.3) is 5.91 Å². The fraction of sp³-hybridized carbons (Fsp3) is 0.200. The summed E-state index contributed by atoms with van der Waals surface area (Å²) < 4.78 is 13.4. The Balaban J connectivity index is 1.29. The zero-order valence-corrected chi connectivity index (χ0v) is 19.4. The number of rotatable bonds is 7. The van der Waals surface area contributed by atoms with Gasteiger partial charge in [-0.25, -0.2) is 0 Å². The average molecular weight is 551 g/mol. The number of carbonyl (C=O) groups is 2. The van der Waals surface area contributed by atoms with Crippen LogP contribution in [0.2, 0.25) is 0 Å². The number of thioether (sulfide) groups is 1. The Hall–Kier alpha value is -2.80. The Morgan fingerprint density at radius 2 is 1.90 bits per heavy atom. The van der Waals surface area contributed by atoms with E-state index in [1.54, 1.807) is 29.8 Å². The third-order valence-corrected chi connectivity index (χ3v) is 6.17. The van der Waals surface area contributed by atoms with Crippen molar-refractivity contribution < 1.29 is 19.1 Å². The highest BCUT2D eigenvalue weighted by Gasteiger charge is 2.17. The first-order valence-electron chi connectivity index (χ1n) is 9.24. The average Bonchev–Trinajstić information content (AvgIpc) is 3.38. The number of carbonyl (C=O) groups excluding carboxylic acids is 2. The highest BCUT2D eigenvalue weighted by molar-refractivity contribution is 14.1. The van der Waals surface area contributed by atoms with E-state index < -0.39 is 0 Å². The quantitative estimate of drug-likeness (QED) is 0.344. The van der Waals surface area contributed by atoms with E-state index in [1.165, 1.54) is 11.8 Å². The summed E-state index contributed by atoms with van der Waals surface area (Å²) in [5.74, 6) is 1.56. The summed E-state index contributed by atoms with van der Waals surface area (Å²) in [7, 11) is 1.79. The van der Waals surface area contributed by atoms with Gasteiger partial charge in [-0.2, -0.15) is 0 Å². The van der Waals surface area contributed by atoms with E-state index in [2.05, 4.69) is 43.4 Å². The number of amides is 2. The minimum Gasteiger partial charge on any atom is -0.454 e. The van der Waals surface area contributed by atoms with Gasteiger partial charge in [0, 0.05) is 21.9 Å². The van der Waals surface area contributed by atoms with E-state index in [-0.39, 0.29) is 30.9 Å². The van der Waals surface area contributed by atoms with Gasteiger partial charge in [0.2, 0.25) is 12.7 Å². The van der Waals surface area contributed by atoms with Gasteiger partial charge in [-0.3, -0.25) is 9.59 Å². The summed E-state index contributed by atoms with van der Waals surface area (Å²) in [4.78, 5) is 24.6. The molecule has 1 aliphatic heterocycles. The minimum absolute atomic E-state index is 0.133. The van der Waals surface area contributed by atoms with Crippen LogP contribution in [0.15, 0.2) is 47.6 Å². The fourth-order valence-corrected chi connectivity index (χ4v) is 3.87. The van der Waals surface area contributed by atoms with Crippen molar-refractivity contribution in [2.45, 2.75) is 11.7 Å². The van der Waals surface area contributed by atoms with E-state index in [1.807, 2.05) is 24.3 Å². The topological polar surface area (TPSA) is 107 Å². The molecular formula is C20H18IN5O4S. The number of hydrogen-bond acceptors (Lipinski definition) is 7. The molecule has 0 fully saturated rings. The van der Waals surface area contributed by atoms with E-state index in [0.29, 0.717) is 28.0 Å². The Kier molecular flexibility index (Phi) is 6.61. The highest BCUT2D eigenvalue weighted by Crippen LogP contribution is 2.32. The lowest BCUT2D eigenvalue weighted by Gasteiger charge is -2.07. The van der Waals surface area contributed by atoms with Crippen LogP contribution in [0.3, 0.4) is 0 Å². The maximum absolute atomic E-state index is 12.4. The van der Waals surface area contributed by atoms with Gasteiger partial charge in [-0.05, 0) is 65.1 Å². The van der Waals surface area contributed by atoms with Crippen LogP contribution in [0.25, 0.3) is 0 Å². The molecule has 1 aliphatic rings. The third kappa shape index (κ3) is 5.28. The standard InChI is InChI=1S/C20H18IN5O4S/c1-26-17(9-22-19(28)12-2-7-15-16(8-12)30-11-29-15)24-25-20(26)31-10-18(27)23-14-5-3-13(21)4-6-14/h2-8H,9-11H2,1H3,(H,22,28)(H,23,27). The number of aromatic nitrogens is 3. The van der Waals surface area contributed by atoms with Crippen LogP contribution in [0.1, 0.15) is 16.2 Å². The van der Waals surface area contributed by atoms with Crippen LogP contribution in [0.4, 0.5) is 5.69 Å². The van der Waals surface area contributed by atoms with Crippen molar-refractivity contribution in [3.05, 3.63) is 57.4 Å². The number of fused-ring (bicyclic) bond motifs is 1. The van der Waals surface area contributed by atoms with Gasteiger partial charge in [-0.15, -0.1) is 10.2 Å². The Morgan fingerprint density at radius 1 is 1.13 bits per heavy atom. The maximum atomic E-state index is 12.4. The molecule has 2 aromatic carbocycles. The monoisotopic (exact) mass is 551 g/mol. The SMILES string of the molecule is Cn1c(CNC(=O)c2ccc3c(c2)OCO3)nnc1SCC(=O)Nc1ccc(I)cc1. The largest absolute Gasteiger partial charge is 0.454 e. The molecule has 160 valence electrons. The molecule has 0 spiro atoms. The predicted octanol–water partition coefficient (Wildman–Crippen LogP) is 2.81. The Morgan fingerprint density at radius 3 is 2.71 bits per heavy atom. The molecule has 11 heteroatoms. The number of anilines is 1. The molecule has 3 aromatic rings. The number of benzene rings is 2. The normalized spacial score (nSPS) is 11.9. The zero-order valence-electron chi connectivity index (χ0n) is 16.4. The van der Waals surface area contributed by atoms with Crippen molar-refractivity contribution in [1.82, 2.24) is 20.1 Å². The number of nitrogens with one attached hydrogen (secondary N) is 2. The van der Waals surface area contributed by atoms with Crippen molar-refractivity contribution in [2.24, 2.45) is 7.05 Å². The van der Waals surface area contributed by atoms with E-state index in [4.69, 9.17) is 9.47 Å². The minimum atomic E-state index is -0.257. The molecule has 4 rings (SSSR count). The lowest BCUT2D eigenvalue weighted by molar-refractivity contribution is -0.113. The van der Waals surface area contributed by atoms with Crippen LogP contribution in [0, 0.1) is 3.57 Å². The molecule has 9 nitrogen and oxygen atoms in total. The molecule has 2 amide bonds. The van der Waals surface area contributed by atoms with Crippen LogP contribution in [-0.2, 0) is 18.4 Å². The summed E-state index contributed by atoms with van der Waals surface area (Å²) in [6, 6.07) is 12.6. The number of halogens is 1. The number of hydrogen-bond donors (Lipinski definition) is 2. The van der Waals surface area contributed by atoms with Crippen molar-refractivity contribution in [2.75, 3.05) is 17.9 Å². The molecule has 0 radical (unpaired) electrons. The lowest BCUT2D eigenvalue weighted by Crippen LogP contribution is -2.24. The number of nitrogens with zero attached hydrogens (tertiary/aromatic N) is 3. The second-order valence-electron chi connectivity index (χ2n) is 6.55. The van der Waals surface area contributed by atoms with Crippen LogP contribution in [-0.4, -0.2) is 39.1 Å². The Bertz CT molecular complexity index is 1120. The second-order valence-corrected chi connectivity index (χ2v) is 8.74. The van der Waals surface area contributed by atoms with E-state index in [0.717, 1.165) is 9.26 Å². The van der Waals surface area contributed by atoms with Crippen molar-refractivity contribution in [3.63, 3.8) is 0 Å². The van der Waals surface area contributed by atoms with E-state index in [9.17, 15) is 9.59 Å². The van der Waals surface area contributed by atoms with Gasteiger partial charge in [-0.1, -0.05) is 11.8 Å². The lowest BCUT2D eigenvalue weighted by atomic mass is 10.2. The van der Waals surface area contributed by atoms with Gasteiger partial charge >= 0.3 is 0 Å². The molecule has 31 heavy (non-hydrogen) atoms. The molecule has 2 heterocycles. The molecule has 0 saturated heterocycles. The Labute approximate surface area is 196 Å². The van der Waals surface area contributed by atoms with E-state index >= 15 is 0 Å². The highest BCUT2D eigenvalue weighted by atomic mass is 127. The van der Waals surface area contributed by atoms with Crippen molar-refractivity contribution in [3.8, 4) is 11.5 Å². The van der Waals surface area contributed by atoms with Crippen LogP contribution in [0.5, 0.6) is 11.5 Å². The third-order valence-electron chi connectivity index (χ3n) is 4.43. The van der Waals surface area contributed by atoms with Gasteiger partial charge in [0.15, 0.2) is 22.5 Å². The molecule has 0 aliphatic carbocycles. The molecule has 0 atom stereocenters. The first-order valence-corrected chi connectivity index (χ1v) is 11.3. The predicted molar refractivity (Wildman–Crippen MR) is 123 cm³/mol. The smallest absolute Gasteiger partial charge is 0.251 e. The molecule has 0 unspecified atom stereocenters. The van der Waals surface area contributed by atoms with Gasteiger partial charge in [0.05, 0.1) is 12.3 Å². The summed E-state index contributed by atoms with van der Waals surface area (Å²) in [6.07, 6.45) is 0. The first-order chi connectivity index (χ1) is 15.0. The molecule has 2 N–H and O–H groups in total. The number of ether oxygens (including phenoxy) is 2. The molecule has 0 bridgehead atoms. The van der Waals surface area contributed by atoms with Gasteiger partial charge < -0.3 is 24.7 Å². The summed E-state index contributed by atoms with van der Waals surface area (Å²) in [5.41, 5.74) is 1.21. The van der Waals surface area contributed by atoms with Crippen LogP contribution >= 0.6 is 34.4 Å². The van der Waals surface area contributed by atoms with Gasteiger partial charge in [0.1, 0.15) is 0 Å². The summed E-state index contributed by atoms with van der Waals surface area (Å²) in [6.45, 7) is 0.356. The summed E-state index contributed by atoms with van der Waals surface area (Å²) >= 11 is 3.48. The second kappa shape index (κ2) is 9.56. The van der Waals surface area contributed by atoms with Crippen molar-refractivity contribution >= 4 is 51.9 Å². The van der Waals surface area contributed by atoms with Crippen LogP contribution < -0.4 is 20.1 Å².